The van der Waals surface area contributed by atoms with Gasteiger partial charge in [0.1, 0.15) is 0 Å². The summed E-state index contributed by atoms with van der Waals surface area (Å²) in [5.41, 5.74) is 1.07. The van der Waals surface area contributed by atoms with E-state index in [0.29, 0.717) is 0 Å². The smallest absolute Gasteiger partial charge is 0.512 e. The molecule has 10 heteroatoms. The van der Waals surface area contributed by atoms with Crippen LogP contribution >= 0.6 is 0 Å². The van der Waals surface area contributed by atoms with E-state index in [-0.39, 0.29) is 31.5 Å². The average Bonchev–Trinajstić information content (AvgIpc) is 3.60. The van der Waals surface area contributed by atoms with E-state index in [1.54, 1.807) is 35.4 Å². The first-order chi connectivity index (χ1) is 15.2. The molecule has 32 heavy (non-hydrogen) atoms. The molecule has 0 spiro atoms. The third kappa shape index (κ3) is 5.82. The first-order valence-corrected chi connectivity index (χ1v) is 8.83. The molecule has 0 aliphatic heterocycles. The fourth-order valence-electron chi connectivity index (χ4n) is 2.55. The largest absolute Gasteiger partial charge is 3.00 e. The van der Waals surface area contributed by atoms with Gasteiger partial charge in [-0.3, -0.25) is 22.8 Å². The summed E-state index contributed by atoms with van der Waals surface area (Å²) in [7, 11) is 0. The van der Waals surface area contributed by atoms with Crippen LogP contribution in [0.3, 0.4) is 0 Å². The van der Waals surface area contributed by atoms with Crippen LogP contribution in [0.1, 0.15) is 0 Å². The van der Waals surface area contributed by atoms with E-state index >= 15 is 0 Å². The number of benzene rings is 2. The number of hydrogen-bond acceptors (Lipinski definition) is 4. The Morgan fingerprint density at radius 1 is 0.750 bits per heavy atom. The summed E-state index contributed by atoms with van der Waals surface area (Å²) in [6, 6.07) is 19.4. The number of para-hydroxylation sites is 1. The summed E-state index contributed by atoms with van der Waals surface area (Å²) < 4.78 is 31.7. The van der Waals surface area contributed by atoms with Crippen molar-refractivity contribution in [3.8, 4) is 17.1 Å². The van der Waals surface area contributed by atoms with Crippen molar-refractivity contribution < 1.29 is 28.9 Å². The van der Waals surface area contributed by atoms with Gasteiger partial charge >= 0.3 is 20.1 Å². The molecule has 5 aromatic rings. The zero-order valence-corrected chi connectivity index (χ0v) is 18.7. The first kappa shape index (κ1) is 24.3. The summed E-state index contributed by atoms with van der Waals surface area (Å²) in [6.45, 7) is 4.75. The molecule has 0 atom stereocenters. The van der Waals surface area contributed by atoms with Crippen LogP contribution in [-0.2, 0) is 20.1 Å². The Morgan fingerprint density at radius 2 is 1.25 bits per heavy atom. The van der Waals surface area contributed by atoms with Crippen molar-refractivity contribution in [1.82, 2.24) is 29.3 Å². The molecule has 0 radical (unpaired) electrons. The molecule has 0 saturated carbocycles. The van der Waals surface area contributed by atoms with Gasteiger partial charge in [-0.05, 0) is 35.3 Å². The quantitative estimate of drug-likeness (QED) is 0.292. The van der Waals surface area contributed by atoms with Crippen molar-refractivity contribution in [1.29, 1.82) is 5.26 Å². The van der Waals surface area contributed by atoms with Gasteiger partial charge in [-0.25, -0.2) is 0 Å². The second-order valence-electron chi connectivity index (χ2n) is 5.76. The summed E-state index contributed by atoms with van der Waals surface area (Å²) in [5, 5.41) is 18.1. The zero-order chi connectivity index (χ0) is 22.1. The van der Waals surface area contributed by atoms with Crippen LogP contribution in [0.2, 0.25) is 0 Å². The predicted molar refractivity (Wildman–Crippen MR) is 107 cm³/mol. The SMILES string of the molecule is Fc1cc(F)c(-n2cccn2)[c-]c1-n1cccn1.[C-]#N.[Ir+3].[c-]1ccccc1-n1cccn1. The van der Waals surface area contributed by atoms with Gasteiger partial charge in [0.15, 0.2) is 0 Å². The van der Waals surface area contributed by atoms with Crippen molar-refractivity contribution >= 4 is 0 Å². The monoisotopic (exact) mass is 607 g/mol. The Kier molecular flexibility index (Phi) is 9.17. The normalized spacial score (nSPS) is 9.50. The fourth-order valence-corrected chi connectivity index (χ4v) is 2.55. The number of aromatic nitrogens is 6. The molecule has 0 fully saturated rings. The summed E-state index contributed by atoms with van der Waals surface area (Å²) in [6.07, 6.45) is 9.76. The van der Waals surface area contributed by atoms with Crippen molar-refractivity contribution in [3.05, 3.63) is 116 Å². The van der Waals surface area contributed by atoms with Crippen LogP contribution in [0.5, 0.6) is 0 Å². The van der Waals surface area contributed by atoms with Crippen LogP contribution in [0, 0.1) is 35.6 Å². The van der Waals surface area contributed by atoms with Gasteiger partial charge in [0.05, 0.1) is 0 Å². The van der Waals surface area contributed by atoms with E-state index in [9.17, 15) is 8.78 Å². The summed E-state index contributed by atoms with van der Waals surface area (Å²) in [4.78, 5) is 0. The molecule has 0 amide bonds. The summed E-state index contributed by atoms with van der Waals surface area (Å²) in [5.74, 6) is -1.46. The fraction of sp³-hybridized carbons (Fsp3) is 0. The van der Waals surface area contributed by atoms with Crippen molar-refractivity contribution in [2.45, 2.75) is 0 Å². The van der Waals surface area contributed by atoms with Crippen LogP contribution in [0.15, 0.2) is 85.7 Å². The Bertz CT molecular complexity index is 1150. The molecule has 0 aliphatic rings. The maximum absolute atomic E-state index is 13.7. The number of nitrogens with zero attached hydrogens (tertiary/aromatic N) is 7. The van der Waals surface area contributed by atoms with E-state index in [0.717, 1.165) is 11.8 Å². The van der Waals surface area contributed by atoms with E-state index in [2.05, 4.69) is 27.4 Å². The molecule has 5 rings (SSSR count). The molecule has 7 nitrogen and oxygen atoms in total. The van der Waals surface area contributed by atoms with Gasteiger partial charge in [0, 0.05) is 48.8 Å². The predicted octanol–water partition coefficient (Wildman–Crippen LogP) is 3.90. The van der Waals surface area contributed by atoms with Gasteiger partial charge in [-0.1, -0.05) is 6.07 Å². The minimum atomic E-state index is -0.730. The maximum Gasteiger partial charge on any atom is 3.00 e. The van der Waals surface area contributed by atoms with Crippen molar-refractivity contribution in [3.63, 3.8) is 0 Å². The van der Waals surface area contributed by atoms with E-state index < -0.39 is 11.6 Å². The van der Waals surface area contributed by atoms with Crippen LogP contribution in [-0.4, -0.2) is 29.3 Å². The van der Waals surface area contributed by atoms with Crippen LogP contribution in [0.4, 0.5) is 8.78 Å². The molecule has 0 unspecified atom stereocenters. The minimum Gasteiger partial charge on any atom is -0.512 e. The van der Waals surface area contributed by atoms with E-state index in [1.165, 1.54) is 21.8 Å². The molecule has 2 aromatic carbocycles. The minimum absolute atomic E-state index is 0. The number of halogens is 2. The molecular formula is C22H14F2IrN7. The molecular weight excluding hydrogens is 593 g/mol. The van der Waals surface area contributed by atoms with Crippen LogP contribution < -0.4 is 0 Å². The maximum atomic E-state index is 13.7. The topological polar surface area (TPSA) is 77.2 Å². The standard InChI is InChI=1S/C12H7F2N4.C9H7N2.CN.Ir/c13-9-7-10(14)12(18-6-2-4-16-18)8-11(9)17-5-1-3-15-17;1-2-5-9(6-3-1)11-8-4-7-10-11;1-2;/h1-7H;1-5,7-8H;;/q3*-1;+3. The third-order valence-corrected chi connectivity index (χ3v) is 3.85. The Labute approximate surface area is 196 Å². The first-order valence-electron chi connectivity index (χ1n) is 8.83. The van der Waals surface area contributed by atoms with Gasteiger partial charge in [0.25, 0.3) is 0 Å². The number of hydrogen-bond donors (Lipinski definition) is 0. The van der Waals surface area contributed by atoms with Crippen molar-refractivity contribution in [2.75, 3.05) is 0 Å². The third-order valence-electron chi connectivity index (χ3n) is 3.85. The second-order valence-corrected chi connectivity index (χ2v) is 5.76. The molecule has 0 N–H and O–H groups in total. The second kappa shape index (κ2) is 12.1. The van der Waals surface area contributed by atoms with E-state index in [4.69, 9.17) is 11.8 Å². The Hall–Kier alpha value is -3.93. The molecule has 0 bridgehead atoms. The van der Waals surface area contributed by atoms with Crippen molar-refractivity contribution in [2.24, 2.45) is 0 Å². The van der Waals surface area contributed by atoms with Gasteiger partial charge < -0.3 is 11.8 Å². The van der Waals surface area contributed by atoms with Gasteiger partial charge in [-0.15, -0.1) is 12.1 Å². The summed E-state index contributed by atoms with van der Waals surface area (Å²) >= 11 is 0. The zero-order valence-electron chi connectivity index (χ0n) is 16.3. The molecule has 0 aliphatic carbocycles. The molecule has 0 saturated heterocycles. The Morgan fingerprint density at radius 3 is 1.66 bits per heavy atom. The van der Waals surface area contributed by atoms with E-state index in [1.807, 2.05) is 36.5 Å². The van der Waals surface area contributed by atoms with Gasteiger partial charge in [0.2, 0.25) is 0 Å². The molecule has 160 valence electrons. The molecule has 3 heterocycles. The Balaban J connectivity index is 0.000000224. The number of rotatable bonds is 3. The average molecular weight is 607 g/mol. The molecule has 3 aromatic heterocycles. The van der Waals surface area contributed by atoms with Gasteiger partial charge in [-0.2, -0.15) is 39.6 Å². The van der Waals surface area contributed by atoms with Crippen LogP contribution in [0.25, 0.3) is 17.1 Å².